The molecule has 1 aromatic rings. The molecule has 1 heterocycles. The van der Waals surface area contributed by atoms with Gasteiger partial charge in [0.05, 0.1) is 6.54 Å². The molecule has 0 radical (unpaired) electrons. The van der Waals surface area contributed by atoms with E-state index in [0.29, 0.717) is 12.3 Å². The lowest BCUT2D eigenvalue weighted by Gasteiger charge is -2.54. The highest BCUT2D eigenvalue weighted by atomic mass is 16.1. The van der Waals surface area contributed by atoms with Crippen molar-refractivity contribution in [2.75, 3.05) is 0 Å². The molecular formula is C24H38N2O. The molecule has 0 spiro atoms. The lowest BCUT2D eigenvalue weighted by molar-refractivity contribution is -0.130. The Hall–Kier alpha value is -1.12. The van der Waals surface area contributed by atoms with Crippen molar-refractivity contribution in [2.24, 2.45) is 40.9 Å². The van der Waals surface area contributed by atoms with E-state index < -0.39 is 0 Å². The zero-order chi connectivity index (χ0) is 19.0. The minimum atomic E-state index is 0.237. The molecule has 3 nitrogen and oxygen atoms in total. The molecule has 0 amide bonds. The number of carbonyl (C=O) groups is 1. The quantitative estimate of drug-likeness (QED) is 0.639. The zero-order valence-corrected chi connectivity index (χ0v) is 17.6. The van der Waals surface area contributed by atoms with Gasteiger partial charge in [0.25, 0.3) is 0 Å². The Bertz CT molecular complexity index is 639. The van der Waals surface area contributed by atoms with Crippen molar-refractivity contribution in [3.05, 3.63) is 18.5 Å². The van der Waals surface area contributed by atoms with E-state index in [1.165, 1.54) is 51.4 Å². The third-order valence-corrected chi connectivity index (χ3v) is 8.93. The van der Waals surface area contributed by atoms with Crippen LogP contribution >= 0.6 is 0 Å². The topological polar surface area (TPSA) is 34.9 Å². The lowest BCUT2D eigenvalue weighted by Crippen LogP contribution is -2.48. The van der Waals surface area contributed by atoms with Gasteiger partial charge in [0.1, 0.15) is 0 Å². The Morgan fingerprint density at radius 2 is 2.00 bits per heavy atom. The maximum atomic E-state index is 13.1. The van der Waals surface area contributed by atoms with Crippen molar-refractivity contribution in [1.29, 1.82) is 0 Å². The molecule has 0 bridgehead atoms. The summed E-state index contributed by atoms with van der Waals surface area (Å²) in [4.78, 5) is 13.1. The molecule has 4 rings (SSSR count). The van der Waals surface area contributed by atoms with Gasteiger partial charge in [0.15, 0.2) is 5.78 Å². The average Bonchev–Trinajstić information content (AvgIpc) is 3.29. The van der Waals surface area contributed by atoms with Crippen LogP contribution in [-0.4, -0.2) is 15.6 Å². The fourth-order valence-electron chi connectivity index (χ4n) is 7.72. The largest absolute Gasteiger partial charge is 0.297 e. The molecule has 1 aromatic heterocycles. The monoisotopic (exact) mass is 370 g/mol. The molecule has 3 heteroatoms. The smallest absolute Gasteiger partial charge is 0.157 e. The fourth-order valence-corrected chi connectivity index (χ4v) is 7.72. The van der Waals surface area contributed by atoms with Crippen molar-refractivity contribution in [1.82, 2.24) is 9.78 Å². The van der Waals surface area contributed by atoms with E-state index in [0.717, 1.165) is 36.0 Å². The molecule has 27 heavy (non-hydrogen) atoms. The molecule has 3 aliphatic carbocycles. The summed E-state index contributed by atoms with van der Waals surface area (Å²) in [6.45, 7) is 7.70. The van der Waals surface area contributed by atoms with Crippen LogP contribution in [0.2, 0.25) is 0 Å². The number of nitrogens with zero attached hydrogens (tertiary/aromatic N) is 2. The maximum Gasteiger partial charge on any atom is 0.157 e. The van der Waals surface area contributed by atoms with E-state index in [2.05, 4.69) is 25.9 Å². The van der Waals surface area contributed by atoms with Gasteiger partial charge in [-0.25, -0.2) is 0 Å². The first-order chi connectivity index (χ1) is 13.1. The van der Waals surface area contributed by atoms with Gasteiger partial charge < -0.3 is 0 Å². The van der Waals surface area contributed by atoms with Gasteiger partial charge >= 0.3 is 0 Å². The SMILES string of the molecule is CCCC1C(CC)CCC2C1CCC1(C)C(C(=O)Cn3cccn3)CCC21. The van der Waals surface area contributed by atoms with Gasteiger partial charge in [-0.2, -0.15) is 5.10 Å². The zero-order valence-electron chi connectivity index (χ0n) is 17.6. The number of rotatable bonds is 6. The van der Waals surface area contributed by atoms with E-state index in [-0.39, 0.29) is 11.3 Å². The predicted octanol–water partition coefficient (Wildman–Crippen LogP) is 5.75. The van der Waals surface area contributed by atoms with Crippen molar-refractivity contribution in [3.63, 3.8) is 0 Å². The van der Waals surface area contributed by atoms with Crippen LogP contribution in [0.3, 0.4) is 0 Å². The number of ketones is 1. The van der Waals surface area contributed by atoms with E-state index >= 15 is 0 Å². The molecule has 0 aromatic carbocycles. The Morgan fingerprint density at radius 1 is 1.15 bits per heavy atom. The Labute approximate surface area is 165 Å². The van der Waals surface area contributed by atoms with Crippen LogP contribution in [-0.2, 0) is 11.3 Å². The minimum Gasteiger partial charge on any atom is -0.297 e. The molecule has 0 saturated heterocycles. The first-order valence-corrected chi connectivity index (χ1v) is 11.6. The molecule has 3 aliphatic rings. The van der Waals surface area contributed by atoms with Crippen LogP contribution in [0.1, 0.15) is 78.6 Å². The minimum absolute atomic E-state index is 0.237. The number of fused-ring (bicyclic) bond motifs is 3. The summed E-state index contributed by atoms with van der Waals surface area (Å²) in [7, 11) is 0. The van der Waals surface area contributed by atoms with Crippen LogP contribution in [0, 0.1) is 40.9 Å². The molecule has 150 valence electrons. The van der Waals surface area contributed by atoms with Gasteiger partial charge in [-0.3, -0.25) is 9.48 Å². The van der Waals surface area contributed by atoms with Gasteiger partial charge in [-0.15, -0.1) is 0 Å². The summed E-state index contributed by atoms with van der Waals surface area (Å²) >= 11 is 0. The Balaban J connectivity index is 1.51. The maximum absolute atomic E-state index is 13.1. The van der Waals surface area contributed by atoms with Crippen molar-refractivity contribution >= 4 is 5.78 Å². The number of Topliss-reactive ketones (excluding diaryl/α,β-unsaturated/α-hetero) is 1. The number of hydrogen-bond acceptors (Lipinski definition) is 2. The van der Waals surface area contributed by atoms with Crippen molar-refractivity contribution in [3.8, 4) is 0 Å². The molecule has 0 N–H and O–H groups in total. The molecule has 7 unspecified atom stereocenters. The van der Waals surface area contributed by atoms with Gasteiger partial charge in [0.2, 0.25) is 0 Å². The number of carbonyl (C=O) groups excluding carboxylic acids is 1. The lowest BCUT2D eigenvalue weighted by atomic mass is 9.50. The average molecular weight is 371 g/mol. The second-order valence-corrected chi connectivity index (χ2v) is 9.98. The molecule has 3 fully saturated rings. The third kappa shape index (κ3) is 3.29. The Morgan fingerprint density at radius 3 is 2.70 bits per heavy atom. The fraction of sp³-hybridized carbons (Fsp3) is 0.833. The van der Waals surface area contributed by atoms with E-state index in [1.54, 1.807) is 6.20 Å². The molecule has 7 atom stereocenters. The van der Waals surface area contributed by atoms with Gasteiger partial charge in [-0.1, -0.05) is 40.0 Å². The van der Waals surface area contributed by atoms with Crippen LogP contribution in [0.4, 0.5) is 0 Å². The summed E-state index contributed by atoms with van der Waals surface area (Å²) in [6.07, 6.45) is 15.7. The van der Waals surface area contributed by atoms with Crippen LogP contribution in [0.15, 0.2) is 18.5 Å². The normalized spacial score (nSPS) is 41.1. The molecule has 3 saturated carbocycles. The predicted molar refractivity (Wildman–Crippen MR) is 109 cm³/mol. The second-order valence-electron chi connectivity index (χ2n) is 9.98. The first-order valence-electron chi connectivity index (χ1n) is 11.6. The van der Waals surface area contributed by atoms with Crippen molar-refractivity contribution < 1.29 is 4.79 Å². The van der Waals surface area contributed by atoms with Gasteiger partial charge in [-0.05, 0) is 79.6 Å². The van der Waals surface area contributed by atoms with E-state index in [1.807, 2.05) is 16.9 Å². The third-order valence-electron chi connectivity index (χ3n) is 8.93. The second kappa shape index (κ2) is 7.72. The number of aromatic nitrogens is 2. The first kappa shape index (κ1) is 19.2. The number of hydrogen-bond donors (Lipinski definition) is 0. The van der Waals surface area contributed by atoms with Crippen molar-refractivity contribution in [2.45, 2.75) is 85.1 Å². The van der Waals surface area contributed by atoms with E-state index in [9.17, 15) is 4.79 Å². The summed E-state index contributed by atoms with van der Waals surface area (Å²) in [5, 5.41) is 4.26. The van der Waals surface area contributed by atoms with Crippen LogP contribution in [0.25, 0.3) is 0 Å². The summed E-state index contributed by atoms with van der Waals surface area (Å²) in [5.74, 6) is 5.17. The van der Waals surface area contributed by atoms with Gasteiger partial charge in [0, 0.05) is 18.3 Å². The standard InChI is InChI=1S/C24H38N2O/c1-4-7-18-17(5-2)8-9-20-19(18)12-13-24(3)21(20)10-11-22(24)23(27)16-26-15-6-14-25-26/h6,14-15,17-22H,4-5,7-13,16H2,1-3H3. The van der Waals surface area contributed by atoms with E-state index in [4.69, 9.17) is 0 Å². The summed E-state index contributed by atoms with van der Waals surface area (Å²) in [6, 6.07) is 1.91. The summed E-state index contributed by atoms with van der Waals surface area (Å²) < 4.78 is 1.81. The highest BCUT2D eigenvalue weighted by Gasteiger charge is 2.57. The summed E-state index contributed by atoms with van der Waals surface area (Å²) in [5.41, 5.74) is 0.237. The highest BCUT2D eigenvalue weighted by Crippen LogP contribution is 2.63. The Kier molecular flexibility index (Phi) is 5.49. The molecular weight excluding hydrogens is 332 g/mol. The molecule has 0 aliphatic heterocycles. The highest BCUT2D eigenvalue weighted by molar-refractivity contribution is 5.82. The van der Waals surface area contributed by atoms with Crippen LogP contribution < -0.4 is 0 Å². The van der Waals surface area contributed by atoms with Crippen LogP contribution in [0.5, 0.6) is 0 Å².